The number of hydrogen-bond donors (Lipinski definition) is 0. The molecule has 0 amide bonds. The summed E-state index contributed by atoms with van der Waals surface area (Å²) in [5.74, 6) is 0.0291. The average molecular weight is 304 g/mol. The maximum Gasteiger partial charge on any atom is 0.347 e. The van der Waals surface area contributed by atoms with Crippen molar-refractivity contribution in [3.63, 3.8) is 0 Å². The molecule has 0 fully saturated rings. The van der Waals surface area contributed by atoms with E-state index < -0.39 is 12.1 Å². The lowest BCUT2D eigenvalue weighted by molar-refractivity contribution is -0.150. The number of carbonyl (C=O) groups excluding carboxylic acids is 1. The van der Waals surface area contributed by atoms with E-state index in [0.29, 0.717) is 29.9 Å². The molecule has 22 heavy (non-hydrogen) atoms. The molecule has 5 heteroatoms. The highest BCUT2D eigenvalue weighted by Gasteiger charge is 2.17. The minimum absolute atomic E-state index is 0.304. The topological polar surface area (TPSA) is 65.7 Å². The van der Waals surface area contributed by atoms with Crippen molar-refractivity contribution < 1.29 is 18.7 Å². The summed E-state index contributed by atoms with van der Waals surface area (Å²) >= 11 is 0. The molecule has 0 aliphatic heterocycles. The Bertz CT molecular complexity index is 745. The molecule has 0 unspecified atom stereocenters. The number of aryl methyl sites for hydroxylation is 1. The number of benzene rings is 1. The van der Waals surface area contributed by atoms with Gasteiger partial charge in [-0.3, -0.25) is 0 Å². The molecule has 1 aromatic heterocycles. The number of fused-ring (bicyclic) bond motifs is 1. The van der Waals surface area contributed by atoms with E-state index in [0.717, 1.165) is 10.9 Å². The molecule has 0 spiro atoms. The number of carbonyl (C=O) groups is 1. The predicted octanol–water partition coefficient (Wildman–Crippen LogP) is 2.99. The molecule has 2 rings (SSSR count). The summed E-state index contributed by atoms with van der Waals surface area (Å²) < 4.78 is 15.8. The summed E-state index contributed by atoms with van der Waals surface area (Å²) in [7, 11) is 0. The Morgan fingerprint density at radius 3 is 2.68 bits per heavy atom. The SMILES string of the molecule is CCOC(=O)[C@@H](C)Oc1ccc2c(C)c(CC)c(=O)oc2c1. The van der Waals surface area contributed by atoms with Crippen molar-refractivity contribution in [2.45, 2.75) is 40.2 Å². The smallest absolute Gasteiger partial charge is 0.347 e. The van der Waals surface area contributed by atoms with Gasteiger partial charge in [0, 0.05) is 17.0 Å². The second-order valence-electron chi connectivity index (χ2n) is 5.02. The monoisotopic (exact) mass is 304 g/mol. The van der Waals surface area contributed by atoms with Crippen molar-refractivity contribution in [1.82, 2.24) is 0 Å². The second kappa shape index (κ2) is 6.64. The van der Waals surface area contributed by atoms with Crippen LogP contribution in [0.25, 0.3) is 11.0 Å². The highest BCUT2D eigenvalue weighted by Crippen LogP contribution is 2.25. The number of hydrogen-bond acceptors (Lipinski definition) is 5. The molecule has 0 aliphatic rings. The van der Waals surface area contributed by atoms with Gasteiger partial charge in [0.2, 0.25) is 0 Å². The van der Waals surface area contributed by atoms with E-state index >= 15 is 0 Å². The Kier molecular flexibility index (Phi) is 4.85. The van der Waals surface area contributed by atoms with Crippen molar-refractivity contribution in [1.29, 1.82) is 0 Å². The summed E-state index contributed by atoms with van der Waals surface area (Å²) in [6.45, 7) is 7.48. The van der Waals surface area contributed by atoms with Crippen molar-refractivity contribution >= 4 is 16.9 Å². The lowest BCUT2D eigenvalue weighted by Crippen LogP contribution is -2.26. The van der Waals surface area contributed by atoms with Gasteiger partial charge >= 0.3 is 11.6 Å². The molecule has 0 bridgehead atoms. The van der Waals surface area contributed by atoms with Crippen LogP contribution in [0, 0.1) is 6.92 Å². The zero-order valence-corrected chi connectivity index (χ0v) is 13.3. The third-order valence-electron chi connectivity index (χ3n) is 3.54. The molecule has 1 aromatic carbocycles. The number of ether oxygens (including phenoxy) is 2. The van der Waals surface area contributed by atoms with Crippen LogP contribution in [0.5, 0.6) is 5.75 Å². The van der Waals surface area contributed by atoms with Crippen molar-refractivity contribution in [2.75, 3.05) is 6.61 Å². The van der Waals surface area contributed by atoms with Gasteiger partial charge in [0.25, 0.3) is 0 Å². The van der Waals surface area contributed by atoms with Crippen molar-refractivity contribution in [3.8, 4) is 5.75 Å². The molecule has 118 valence electrons. The van der Waals surface area contributed by atoms with Gasteiger partial charge in [-0.15, -0.1) is 0 Å². The Balaban J connectivity index is 2.35. The van der Waals surface area contributed by atoms with Gasteiger partial charge < -0.3 is 13.9 Å². The van der Waals surface area contributed by atoms with Crippen LogP contribution in [0.2, 0.25) is 0 Å². The minimum atomic E-state index is -0.722. The second-order valence-corrected chi connectivity index (χ2v) is 5.02. The van der Waals surface area contributed by atoms with E-state index in [1.54, 1.807) is 26.0 Å². The van der Waals surface area contributed by atoms with Gasteiger partial charge in [0.15, 0.2) is 6.10 Å². The summed E-state index contributed by atoms with van der Waals surface area (Å²) in [4.78, 5) is 23.5. The van der Waals surface area contributed by atoms with Crippen LogP contribution in [0.1, 0.15) is 31.9 Å². The third-order valence-corrected chi connectivity index (χ3v) is 3.54. The Morgan fingerprint density at radius 2 is 2.05 bits per heavy atom. The molecule has 1 atom stereocenters. The minimum Gasteiger partial charge on any atom is -0.479 e. The fourth-order valence-electron chi connectivity index (χ4n) is 2.37. The van der Waals surface area contributed by atoms with E-state index in [9.17, 15) is 9.59 Å². The van der Waals surface area contributed by atoms with Crippen LogP contribution in [-0.4, -0.2) is 18.7 Å². The van der Waals surface area contributed by atoms with E-state index in [4.69, 9.17) is 13.9 Å². The quantitative estimate of drug-likeness (QED) is 0.627. The lowest BCUT2D eigenvalue weighted by atomic mass is 10.0. The first-order valence-electron chi connectivity index (χ1n) is 7.37. The van der Waals surface area contributed by atoms with E-state index in [1.807, 2.05) is 19.9 Å². The molecule has 0 saturated carbocycles. The van der Waals surface area contributed by atoms with Crippen LogP contribution >= 0.6 is 0 Å². The molecule has 0 saturated heterocycles. The van der Waals surface area contributed by atoms with Crippen molar-refractivity contribution in [3.05, 3.63) is 39.7 Å². The average Bonchev–Trinajstić information content (AvgIpc) is 2.47. The Morgan fingerprint density at radius 1 is 1.32 bits per heavy atom. The molecule has 0 radical (unpaired) electrons. The zero-order chi connectivity index (χ0) is 16.3. The summed E-state index contributed by atoms with van der Waals surface area (Å²) in [6, 6.07) is 5.21. The third kappa shape index (κ3) is 3.13. The van der Waals surface area contributed by atoms with E-state index in [2.05, 4.69) is 0 Å². The van der Waals surface area contributed by atoms with Crippen LogP contribution in [0.15, 0.2) is 27.4 Å². The van der Waals surface area contributed by atoms with Crippen LogP contribution in [-0.2, 0) is 16.0 Å². The van der Waals surface area contributed by atoms with Crippen molar-refractivity contribution in [2.24, 2.45) is 0 Å². The summed E-state index contributed by atoms with van der Waals surface area (Å²) in [5.41, 5.74) is 1.72. The summed E-state index contributed by atoms with van der Waals surface area (Å²) in [5, 5.41) is 0.868. The van der Waals surface area contributed by atoms with Gasteiger partial charge in [-0.2, -0.15) is 0 Å². The maximum atomic E-state index is 11.9. The zero-order valence-electron chi connectivity index (χ0n) is 13.3. The fraction of sp³-hybridized carbons (Fsp3) is 0.412. The highest BCUT2D eigenvalue weighted by atomic mass is 16.6. The lowest BCUT2D eigenvalue weighted by Gasteiger charge is -2.14. The molecule has 1 heterocycles. The molecular weight excluding hydrogens is 284 g/mol. The molecule has 0 N–H and O–H groups in total. The van der Waals surface area contributed by atoms with Gasteiger partial charge in [0.05, 0.1) is 6.61 Å². The molecular formula is C17H20O5. The first kappa shape index (κ1) is 16.1. The largest absolute Gasteiger partial charge is 0.479 e. The first-order valence-corrected chi connectivity index (χ1v) is 7.37. The van der Waals surface area contributed by atoms with Crippen LogP contribution < -0.4 is 10.4 Å². The number of esters is 1. The first-order chi connectivity index (χ1) is 10.5. The molecule has 5 nitrogen and oxygen atoms in total. The van der Waals surface area contributed by atoms with Gasteiger partial charge in [-0.05, 0) is 44.9 Å². The van der Waals surface area contributed by atoms with E-state index in [-0.39, 0.29) is 5.63 Å². The van der Waals surface area contributed by atoms with Gasteiger partial charge in [-0.1, -0.05) is 6.92 Å². The number of rotatable bonds is 5. The highest BCUT2D eigenvalue weighted by molar-refractivity contribution is 5.82. The van der Waals surface area contributed by atoms with Crippen LogP contribution in [0.4, 0.5) is 0 Å². The Labute approximate surface area is 128 Å². The Hall–Kier alpha value is -2.30. The van der Waals surface area contributed by atoms with Gasteiger partial charge in [0.1, 0.15) is 11.3 Å². The molecule has 0 aliphatic carbocycles. The maximum absolute atomic E-state index is 11.9. The standard InChI is InChI=1S/C17H20O5/c1-5-13-10(3)14-8-7-12(9-15(14)22-17(13)19)21-11(4)16(18)20-6-2/h7-9,11H,5-6H2,1-4H3/t11-/m1/s1. The normalized spacial score (nSPS) is 12.2. The summed E-state index contributed by atoms with van der Waals surface area (Å²) in [6.07, 6.45) is -0.0949. The predicted molar refractivity (Wildman–Crippen MR) is 83.3 cm³/mol. The molecule has 2 aromatic rings. The van der Waals surface area contributed by atoms with Gasteiger partial charge in [-0.25, -0.2) is 9.59 Å². The van der Waals surface area contributed by atoms with E-state index in [1.165, 1.54) is 0 Å². The van der Waals surface area contributed by atoms with Crippen LogP contribution in [0.3, 0.4) is 0 Å². The fourth-order valence-corrected chi connectivity index (χ4v) is 2.37.